The number of benzene rings is 1. The fraction of sp³-hybridized carbons (Fsp3) is 0.412. The first kappa shape index (κ1) is 13.9. The van der Waals surface area contributed by atoms with Gasteiger partial charge in [-0.1, -0.05) is 45.0 Å². The highest BCUT2D eigenvalue weighted by Crippen LogP contribution is 2.23. The smallest absolute Gasteiger partial charge is 0.125 e. The molecular weight excluding hydrogens is 234 g/mol. The third-order valence-electron chi connectivity index (χ3n) is 3.29. The van der Waals surface area contributed by atoms with Crippen molar-refractivity contribution in [3.63, 3.8) is 0 Å². The van der Waals surface area contributed by atoms with E-state index in [1.165, 1.54) is 5.56 Å². The van der Waals surface area contributed by atoms with Crippen molar-refractivity contribution < 1.29 is 4.42 Å². The van der Waals surface area contributed by atoms with Crippen molar-refractivity contribution in [2.24, 2.45) is 11.7 Å². The van der Waals surface area contributed by atoms with Crippen LogP contribution in [-0.2, 0) is 12.8 Å². The largest absolute Gasteiger partial charge is 0.464 e. The van der Waals surface area contributed by atoms with Crippen molar-refractivity contribution in [1.29, 1.82) is 0 Å². The zero-order chi connectivity index (χ0) is 13.8. The molecule has 0 aliphatic heterocycles. The molecule has 1 unspecified atom stereocenters. The van der Waals surface area contributed by atoms with Gasteiger partial charge in [0.25, 0.3) is 0 Å². The molecule has 0 saturated heterocycles. The molecule has 0 bridgehead atoms. The van der Waals surface area contributed by atoms with Crippen LogP contribution in [0.25, 0.3) is 0 Å². The minimum Gasteiger partial charge on any atom is -0.464 e. The Morgan fingerprint density at radius 3 is 2.58 bits per heavy atom. The summed E-state index contributed by atoms with van der Waals surface area (Å²) in [5.41, 5.74) is 8.75. The summed E-state index contributed by atoms with van der Waals surface area (Å²) in [5.74, 6) is 2.49. The van der Waals surface area contributed by atoms with Crippen LogP contribution in [0, 0.1) is 5.92 Å². The van der Waals surface area contributed by atoms with E-state index in [2.05, 4.69) is 45.0 Å². The van der Waals surface area contributed by atoms with Gasteiger partial charge in [0.05, 0.1) is 6.04 Å². The minimum absolute atomic E-state index is 0.174. The first-order valence-electron chi connectivity index (χ1n) is 7.03. The molecule has 1 heterocycles. The summed E-state index contributed by atoms with van der Waals surface area (Å²) in [6.45, 7) is 6.54. The topological polar surface area (TPSA) is 39.2 Å². The third-order valence-corrected chi connectivity index (χ3v) is 3.29. The van der Waals surface area contributed by atoms with Gasteiger partial charge in [-0.05, 0) is 35.6 Å². The lowest BCUT2D eigenvalue weighted by Crippen LogP contribution is -2.11. The van der Waals surface area contributed by atoms with Crippen molar-refractivity contribution in [2.45, 2.75) is 39.7 Å². The molecule has 0 amide bonds. The highest BCUT2D eigenvalue weighted by Gasteiger charge is 2.13. The van der Waals surface area contributed by atoms with E-state index in [1.807, 2.05) is 12.1 Å². The van der Waals surface area contributed by atoms with Gasteiger partial charge in [-0.25, -0.2) is 0 Å². The third kappa shape index (κ3) is 3.48. The fourth-order valence-corrected chi connectivity index (χ4v) is 2.30. The summed E-state index contributed by atoms with van der Waals surface area (Å²) < 4.78 is 5.74. The zero-order valence-corrected chi connectivity index (χ0v) is 12.0. The van der Waals surface area contributed by atoms with Crippen LogP contribution in [0.2, 0.25) is 0 Å². The van der Waals surface area contributed by atoms with E-state index in [0.717, 1.165) is 29.9 Å². The van der Waals surface area contributed by atoms with E-state index >= 15 is 0 Å². The minimum atomic E-state index is -0.174. The molecule has 2 heteroatoms. The van der Waals surface area contributed by atoms with Gasteiger partial charge in [0, 0.05) is 6.42 Å². The van der Waals surface area contributed by atoms with Gasteiger partial charge >= 0.3 is 0 Å². The molecule has 1 aromatic heterocycles. The van der Waals surface area contributed by atoms with E-state index < -0.39 is 0 Å². The normalized spacial score (nSPS) is 12.9. The summed E-state index contributed by atoms with van der Waals surface area (Å²) in [5, 5.41) is 0. The molecular formula is C17H23NO. The van der Waals surface area contributed by atoms with Crippen molar-refractivity contribution >= 4 is 0 Å². The lowest BCUT2D eigenvalue weighted by molar-refractivity contribution is 0.454. The highest BCUT2D eigenvalue weighted by molar-refractivity contribution is 5.31. The maximum Gasteiger partial charge on any atom is 0.125 e. The van der Waals surface area contributed by atoms with Crippen LogP contribution in [0.15, 0.2) is 40.8 Å². The van der Waals surface area contributed by atoms with Gasteiger partial charge in [0.15, 0.2) is 0 Å². The van der Waals surface area contributed by atoms with E-state index in [1.54, 1.807) is 0 Å². The molecule has 2 aromatic rings. The quantitative estimate of drug-likeness (QED) is 0.876. The molecule has 2 N–H and O–H groups in total. The number of furan rings is 1. The van der Waals surface area contributed by atoms with Gasteiger partial charge in [0.2, 0.25) is 0 Å². The SMILES string of the molecule is CCc1ccc(C(N)c2cccc(CC(C)C)c2)o1. The zero-order valence-electron chi connectivity index (χ0n) is 12.0. The Bertz CT molecular complexity index is 528. The predicted molar refractivity (Wildman–Crippen MR) is 79.1 cm³/mol. The van der Waals surface area contributed by atoms with Crippen LogP contribution in [-0.4, -0.2) is 0 Å². The molecule has 0 saturated carbocycles. The summed E-state index contributed by atoms with van der Waals surface area (Å²) >= 11 is 0. The molecule has 0 aliphatic carbocycles. The molecule has 2 rings (SSSR count). The monoisotopic (exact) mass is 257 g/mol. The Morgan fingerprint density at radius 2 is 1.95 bits per heavy atom. The molecule has 2 nitrogen and oxygen atoms in total. The summed E-state index contributed by atoms with van der Waals surface area (Å²) in [7, 11) is 0. The van der Waals surface area contributed by atoms with Gasteiger partial charge in [-0.2, -0.15) is 0 Å². The number of hydrogen-bond acceptors (Lipinski definition) is 2. The van der Waals surface area contributed by atoms with Gasteiger partial charge < -0.3 is 10.2 Å². The second-order valence-electron chi connectivity index (χ2n) is 5.48. The standard InChI is InChI=1S/C17H23NO/c1-4-15-8-9-16(19-15)17(18)14-7-5-6-13(11-14)10-12(2)3/h5-9,11-12,17H,4,10,18H2,1-3H3. The van der Waals surface area contributed by atoms with E-state index in [-0.39, 0.29) is 6.04 Å². The van der Waals surface area contributed by atoms with Gasteiger partial charge in [0.1, 0.15) is 11.5 Å². The van der Waals surface area contributed by atoms with Crippen LogP contribution >= 0.6 is 0 Å². The molecule has 0 spiro atoms. The second kappa shape index (κ2) is 6.07. The van der Waals surface area contributed by atoms with E-state index in [4.69, 9.17) is 10.2 Å². The first-order chi connectivity index (χ1) is 9.10. The van der Waals surface area contributed by atoms with Gasteiger partial charge in [-0.3, -0.25) is 0 Å². The Balaban J connectivity index is 2.20. The van der Waals surface area contributed by atoms with Crippen molar-refractivity contribution in [3.8, 4) is 0 Å². The number of aryl methyl sites for hydroxylation is 1. The average molecular weight is 257 g/mol. The molecule has 1 atom stereocenters. The Labute approximate surface area is 115 Å². The first-order valence-corrected chi connectivity index (χ1v) is 7.03. The Hall–Kier alpha value is -1.54. The van der Waals surface area contributed by atoms with E-state index in [9.17, 15) is 0 Å². The van der Waals surface area contributed by atoms with Crippen LogP contribution in [0.4, 0.5) is 0 Å². The van der Waals surface area contributed by atoms with Crippen LogP contribution in [0.3, 0.4) is 0 Å². The maximum absolute atomic E-state index is 6.29. The van der Waals surface area contributed by atoms with Crippen LogP contribution < -0.4 is 5.73 Å². The molecule has 19 heavy (non-hydrogen) atoms. The maximum atomic E-state index is 6.29. The van der Waals surface area contributed by atoms with Crippen molar-refractivity contribution in [2.75, 3.05) is 0 Å². The molecule has 0 radical (unpaired) electrons. The summed E-state index contributed by atoms with van der Waals surface area (Å²) in [6, 6.07) is 12.3. The number of hydrogen-bond donors (Lipinski definition) is 1. The van der Waals surface area contributed by atoms with Crippen LogP contribution in [0.1, 0.15) is 49.5 Å². The molecule has 0 aliphatic rings. The predicted octanol–water partition coefficient (Wildman–Crippen LogP) is 4.09. The van der Waals surface area contributed by atoms with Gasteiger partial charge in [-0.15, -0.1) is 0 Å². The second-order valence-corrected chi connectivity index (χ2v) is 5.48. The Morgan fingerprint density at radius 1 is 1.16 bits per heavy atom. The summed E-state index contributed by atoms with van der Waals surface area (Å²) in [4.78, 5) is 0. The Kier molecular flexibility index (Phi) is 4.43. The summed E-state index contributed by atoms with van der Waals surface area (Å²) in [6.07, 6.45) is 1.99. The lowest BCUT2D eigenvalue weighted by atomic mass is 9.98. The molecule has 1 aromatic carbocycles. The van der Waals surface area contributed by atoms with Crippen molar-refractivity contribution in [1.82, 2.24) is 0 Å². The van der Waals surface area contributed by atoms with Crippen molar-refractivity contribution in [3.05, 3.63) is 59.0 Å². The van der Waals surface area contributed by atoms with Crippen LogP contribution in [0.5, 0.6) is 0 Å². The molecule has 102 valence electrons. The molecule has 0 fully saturated rings. The highest BCUT2D eigenvalue weighted by atomic mass is 16.3. The van der Waals surface area contributed by atoms with E-state index in [0.29, 0.717) is 5.92 Å². The average Bonchev–Trinajstić information content (AvgIpc) is 2.86. The number of rotatable bonds is 5. The lowest BCUT2D eigenvalue weighted by Gasteiger charge is -2.12. The number of nitrogens with two attached hydrogens (primary N) is 1. The fourth-order valence-electron chi connectivity index (χ4n) is 2.30.